The summed E-state index contributed by atoms with van der Waals surface area (Å²) < 4.78 is 0. The Kier molecular flexibility index (Phi) is 4.04. The minimum Gasteiger partial charge on any atom is -0.298 e. The number of benzene rings is 2. The summed E-state index contributed by atoms with van der Waals surface area (Å²) in [5.41, 5.74) is 4.96. The second-order valence-electron chi connectivity index (χ2n) is 7.43. The van der Waals surface area contributed by atoms with Gasteiger partial charge in [0.05, 0.1) is 0 Å². The summed E-state index contributed by atoms with van der Waals surface area (Å²) in [7, 11) is 0. The molecule has 0 N–H and O–H groups in total. The predicted molar refractivity (Wildman–Crippen MR) is 99.9 cm³/mol. The molecule has 2 saturated carbocycles. The number of rotatable bonds is 2. The van der Waals surface area contributed by atoms with E-state index in [1.165, 1.54) is 0 Å². The third-order valence-corrected chi connectivity index (χ3v) is 6.38. The van der Waals surface area contributed by atoms with E-state index < -0.39 is 5.92 Å². The number of hydrogen-bond donors (Lipinski definition) is 0. The van der Waals surface area contributed by atoms with E-state index in [-0.39, 0.29) is 23.4 Å². The van der Waals surface area contributed by atoms with E-state index in [1.807, 2.05) is 50.2 Å². The number of carbonyl (C=O) groups excluding carboxylic acids is 2. The van der Waals surface area contributed by atoms with Crippen LogP contribution >= 0.6 is 11.6 Å². The van der Waals surface area contributed by atoms with Crippen LogP contribution < -0.4 is 0 Å². The maximum Gasteiger partial charge on any atom is 0.150 e. The van der Waals surface area contributed by atoms with Gasteiger partial charge in [-0.15, -0.1) is 0 Å². The fourth-order valence-electron chi connectivity index (χ4n) is 4.46. The number of fused-ring (bicyclic) bond motifs is 2. The molecule has 1 unspecified atom stereocenters. The van der Waals surface area contributed by atoms with Crippen molar-refractivity contribution in [1.29, 1.82) is 0 Å². The first kappa shape index (κ1) is 16.5. The Morgan fingerprint density at radius 1 is 0.960 bits per heavy atom. The van der Waals surface area contributed by atoms with Crippen molar-refractivity contribution in [1.82, 2.24) is 0 Å². The first-order valence-electron chi connectivity index (χ1n) is 8.91. The molecule has 2 aliphatic carbocycles. The van der Waals surface area contributed by atoms with Gasteiger partial charge < -0.3 is 0 Å². The van der Waals surface area contributed by atoms with Crippen LogP contribution in [0.5, 0.6) is 0 Å². The molecule has 2 aromatic rings. The minimum absolute atomic E-state index is 0.0728. The molecular weight excluding hydrogens is 332 g/mol. The van der Waals surface area contributed by atoms with Gasteiger partial charge in [0, 0.05) is 16.9 Å². The molecule has 2 bridgehead atoms. The van der Waals surface area contributed by atoms with Gasteiger partial charge in [-0.1, -0.05) is 35.9 Å². The van der Waals surface area contributed by atoms with E-state index in [0.29, 0.717) is 0 Å². The quantitative estimate of drug-likeness (QED) is 0.689. The Morgan fingerprint density at radius 2 is 1.64 bits per heavy atom. The fraction of sp³-hybridized carbons (Fsp3) is 0.364. The van der Waals surface area contributed by atoms with E-state index in [9.17, 15) is 9.59 Å². The molecule has 0 heterocycles. The molecule has 2 aromatic carbocycles. The van der Waals surface area contributed by atoms with Gasteiger partial charge in [0.2, 0.25) is 0 Å². The Bertz CT molecular complexity index is 862. The second-order valence-corrected chi connectivity index (χ2v) is 7.84. The van der Waals surface area contributed by atoms with Crippen LogP contribution in [0.25, 0.3) is 11.1 Å². The van der Waals surface area contributed by atoms with E-state index in [1.54, 1.807) is 0 Å². The molecule has 0 spiro atoms. The van der Waals surface area contributed by atoms with Crippen LogP contribution in [0.4, 0.5) is 0 Å². The van der Waals surface area contributed by atoms with Crippen LogP contribution in [0.1, 0.15) is 41.9 Å². The zero-order valence-electron chi connectivity index (χ0n) is 14.5. The Labute approximate surface area is 153 Å². The van der Waals surface area contributed by atoms with Crippen LogP contribution in [-0.2, 0) is 9.59 Å². The highest BCUT2D eigenvalue weighted by Crippen LogP contribution is 2.45. The molecule has 25 heavy (non-hydrogen) atoms. The lowest BCUT2D eigenvalue weighted by Crippen LogP contribution is -2.35. The molecule has 4 rings (SSSR count). The number of aryl methyl sites for hydroxylation is 1. The van der Waals surface area contributed by atoms with Crippen molar-refractivity contribution in [2.24, 2.45) is 11.8 Å². The van der Waals surface area contributed by atoms with Crippen molar-refractivity contribution in [3.05, 3.63) is 58.1 Å². The normalized spacial score (nSPS) is 25.5. The van der Waals surface area contributed by atoms with Crippen LogP contribution in [0.15, 0.2) is 36.4 Å². The van der Waals surface area contributed by atoms with Crippen molar-refractivity contribution in [3.8, 4) is 11.1 Å². The van der Waals surface area contributed by atoms with Gasteiger partial charge in [-0.2, -0.15) is 0 Å². The third-order valence-electron chi connectivity index (χ3n) is 5.98. The lowest BCUT2D eigenvalue weighted by atomic mass is 9.74. The van der Waals surface area contributed by atoms with E-state index in [4.69, 9.17) is 11.6 Å². The highest BCUT2D eigenvalue weighted by Gasteiger charge is 2.47. The smallest absolute Gasteiger partial charge is 0.150 e. The molecule has 0 amide bonds. The van der Waals surface area contributed by atoms with Gasteiger partial charge in [0.1, 0.15) is 5.92 Å². The standard InChI is InChI=1S/C22H21ClO2/c1-12-6-7-14(17-4-3-5-19(23)13(17)2)11-18(12)20-21(24)15-8-9-16(10-15)22(20)25/h3-7,11,15-16,20H,8-10H2,1-2H3/t15-,16+,20?. The summed E-state index contributed by atoms with van der Waals surface area (Å²) >= 11 is 6.27. The summed E-state index contributed by atoms with van der Waals surface area (Å²) in [4.78, 5) is 25.7. The highest BCUT2D eigenvalue weighted by atomic mass is 35.5. The molecule has 2 nitrogen and oxygen atoms in total. The first-order chi connectivity index (χ1) is 12.0. The lowest BCUT2D eigenvalue weighted by Gasteiger charge is -2.27. The number of carbonyl (C=O) groups is 2. The zero-order valence-corrected chi connectivity index (χ0v) is 15.3. The minimum atomic E-state index is -0.578. The monoisotopic (exact) mass is 352 g/mol. The van der Waals surface area contributed by atoms with Crippen molar-refractivity contribution < 1.29 is 9.59 Å². The SMILES string of the molecule is Cc1ccc(-c2cccc(Cl)c2C)cc1C1C(=O)[C@@H]2CC[C@@H](C2)C1=O. The Morgan fingerprint density at radius 3 is 2.32 bits per heavy atom. The summed E-state index contributed by atoms with van der Waals surface area (Å²) in [5.74, 6) is -0.179. The largest absolute Gasteiger partial charge is 0.298 e. The van der Waals surface area contributed by atoms with Gasteiger partial charge in [0.15, 0.2) is 11.6 Å². The second kappa shape index (κ2) is 6.10. The van der Waals surface area contributed by atoms with Crippen molar-refractivity contribution in [2.75, 3.05) is 0 Å². The van der Waals surface area contributed by atoms with E-state index in [0.717, 1.165) is 52.1 Å². The summed E-state index contributed by atoms with van der Waals surface area (Å²) in [6.45, 7) is 3.98. The molecule has 0 aliphatic heterocycles. The molecule has 2 aliphatic rings. The zero-order chi connectivity index (χ0) is 17.7. The number of ketones is 2. The maximum atomic E-state index is 12.9. The lowest BCUT2D eigenvalue weighted by molar-refractivity contribution is -0.135. The molecule has 3 atom stereocenters. The summed E-state index contributed by atoms with van der Waals surface area (Å²) in [6, 6.07) is 11.9. The Balaban J connectivity index is 1.82. The molecule has 0 radical (unpaired) electrons. The number of Topliss-reactive ketones (excluding diaryl/α,β-unsaturated/α-hetero) is 2. The van der Waals surface area contributed by atoms with E-state index >= 15 is 0 Å². The third kappa shape index (κ3) is 2.64. The molecule has 3 heteroatoms. The van der Waals surface area contributed by atoms with Gasteiger partial charge in [0.25, 0.3) is 0 Å². The molecule has 0 aromatic heterocycles. The summed E-state index contributed by atoms with van der Waals surface area (Å²) in [5, 5.41) is 0.725. The average Bonchev–Trinajstić information content (AvgIpc) is 3.05. The number of halogens is 1. The van der Waals surface area contributed by atoms with Crippen molar-refractivity contribution in [2.45, 2.75) is 39.0 Å². The molecule has 2 fully saturated rings. The van der Waals surface area contributed by atoms with Crippen molar-refractivity contribution >= 4 is 23.2 Å². The fourth-order valence-corrected chi connectivity index (χ4v) is 4.63. The van der Waals surface area contributed by atoms with Crippen LogP contribution in [-0.4, -0.2) is 11.6 Å². The van der Waals surface area contributed by atoms with E-state index in [2.05, 4.69) is 0 Å². The summed E-state index contributed by atoms with van der Waals surface area (Å²) in [6.07, 6.45) is 2.51. The number of hydrogen-bond acceptors (Lipinski definition) is 2. The first-order valence-corrected chi connectivity index (χ1v) is 9.28. The molecule has 128 valence electrons. The molecule has 0 saturated heterocycles. The van der Waals surface area contributed by atoms with Gasteiger partial charge in [-0.25, -0.2) is 0 Å². The maximum absolute atomic E-state index is 12.9. The topological polar surface area (TPSA) is 34.1 Å². The average molecular weight is 353 g/mol. The Hall–Kier alpha value is -1.93. The van der Waals surface area contributed by atoms with Gasteiger partial charge in [-0.05, 0) is 73.1 Å². The molecular formula is C22H21ClO2. The van der Waals surface area contributed by atoms with Crippen LogP contribution in [0.2, 0.25) is 5.02 Å². The highest BCUT2D eigenvalue weighted by molar-refractivity contribution is 6.31. The van der Waals surface area contributed by atoms with Crippen molar-refractivity contribution in [3.63, 3.8) is 0 Å². The predicted octanol–water partition coefficient (Wildman–Crippen LogP) is 5.28. The van der Waals surface area contributed by atoms with Crippen LogP contribution in [0, 0.1) is 25.7 Å². The van der Waals surface area contributed by atoms with Gasteiger partial charge >= 0.3 is 0 Å². The van der Waals surface area contributed by atoms with Crippen LogP contribution in [0.3, 0.4) is 0 Å². The van der Waals surface area contributed by atoms with Gasteiger partial charge in [-0.3, -0.25) is 9.59 Å².